The van der Waals surface area contributed by atoms with Crippen LogP contribution >= 0.6 is 34.7 Å². The second-order valence-corrected chi connectivity index (χ2v) is 8.30. The minimum atomic E-state index is 0.0117. The number of carbonyl (C=O) groups is 1. The van der Waals surface area contributed by atoms with Crippen molar-refractivity contribution < 1.29 is 4.79 Å². The zero-order valence-corrected chi connectivity index (χ0v) is 16.5. The van der Waals surface area contributed by atoms with Gasteiger partial charge >= 0.3 is 0 Å². The first-order valence-electron chi connectivity index (χ1n) is 8.31. The molecule has 2 aromatic carbocycles. The molecule has 1 amide bonds. The van der Waals surface area contributed by atoms with Crippen LogP contribution in [-0.4, -0.2) is 17.4 Å². The van der Waals surface area contributed by atoms with E-state index in [4.69, 9.17) is 11.6 Å². The van der Waals surface area contributed by atoms with E-state index in [-0.39, 0.29) is 5.91 Å². The summed E-state index contributed by atoms with van der Waals surface area (Å²) in [4.78, 5) is 16.6. The van der Waals surface area contributed by atoms with Crippen LogP contribution in [0, 0.1) is 0 Å². The molecule has 0 unspecified atom stereocenters. The standard InChI is InChI=1S/C20H19ClN2OS2/c21-17-8-4-7-16(11-17)13-25-20-23-18(14-26-20)12-19(24)22-10-9-15-5-2-1-3-6-15/h1-8,11,14H,9-10,12-13H2,(H,22,24). The molecule has 0 aliphatic carbocycles. The quantitative estimate of drug-likeness (QED) is 0.539. The fraction of sp³-hybridized carbons (Fsp3) is 0.200. The smallest absolute Gasteiger partial charge is 0.226 e. The van der Waals surface area contributed by atoms with Crippen molar-refractivity contribution in [2.24, 2.45) is 0 Å². The van der Waals surface area contributed by atoms with E-state index >= 15 is 0 Å². The summed E-state index contributed by atoms with van der Waals surface area (Å²) in [6, 6.07) is 18.0. The van der Waals surface area contributed by atoms with Gasteiger partial charge in [-0.15, -0.1) is 11.3 Å². The Labute approximate surface area is 166 Å². The van der Waals surface area contributed by atoms with Crippen LogP contribution in [-0.2, 0) is 23.4 Å². The molecule has 0 saturated carbocycles. The molecule has 3 rings (SSSR count). The van der Waals surface area contributed by atoms with E-state index in [0.717, 1.165) is 32.8 Å². The Bertz CT molecular complexity index is 852. The van der Waals surface area contributed by atoms with Gasteiger partial charge in [0.2, 0.25) is 5.91 Å². The van der Waals surface area contributed by atoms with Crippen molar-refractivity contribution >= 4 is 40.6 Å². The molecule has 3 nitrogen and oxygen atoms in total. The average Bonchev–Trinajstić information content (AvgIpc) is 3.08. The molecule has 0 spiro atoms. The number of halogens is 1. The first-order chi connectivity index (χ1) is 12.7. The molecule has 0 radical (unpaired) electrons. The molecule has 26 heavy (non-hydrogen) atoms. The Balaban J connectivity index is 1.42. The van der Waals surface area contributed by atoms with E-state index in [2.05, 4.69) is 22.4 Å². The van der Waals surface area contributed by atoms with Crippen LogP contribution in [0.1, 0.15) is 16.8 Å². The van der Waals surface area contributed by atoms with Crippen LogP contribution in [0.5, 0.6) is 0 Å². The number of carbonyl (C=O) groups excluding carboxylic acids is 1. The van der Waals surface area contributed by atoms with Crippen LogP contribution in [0.15, 0.2) is 64.3 Å². The van der Waals surface area contributed by atoms with E-state index in [1.54, 1.807) is 23.1 Å². The molecule has 0 bridgehead atoms. The number of rotatable bonds is 8. The van der Waals surface area contributed by atoms with Gasteiger partial charge in [-0.05, 0) is 29.7 Å². The summed E-state index contributed by atoms with van der Waals surface area (Å²) in [6.45, 7) is 0.642. The molecule has 1 aromatic heterocycles. The molecule has 134 valence electrons. The molecular formula is C20H19ClN2OS2. The minimum Gasteiger partial charge on any atom is -0.355 e. The summed E-state index contributed by atoms with van der Waals surface area (Å²) in [7, 11) is 0. The van der Waals surface area contributed by atoms with Crippen molar-refractivity contribution in [3.05, 3.63) is 81.8 Å². The second-order valence-electron chi connectivity index (χ2n) is 5.79. The second kappa shape index (κ2) is 9.76. The predicted molar refractivity (Wildman–Crippen MR) is 110 cm³/mol. The van der Waals surface area contributed by atoms with Crippen molar-refractivity contribution in [1.82, 2.24) is 10.3 Å². The Kier molecular flexibility index (Phi) is 7.12. The van der Waals surface area contributed by atoms with Gasteiger partial charge in [0.05, 0.1) is 12.1 Å². The Morgan fingerprint density at radius 3 is 2.73 bits per heavy atom. The molecule has 3 aromatic rings. The third-order valence-corrected chi connectivity index (χ3v) is 6.08. The van der Waals surface area contributed by atoms with Gasteiger partial charge in [-0.3, -0.25) is 4.79 Å². The van der Waals surface area contributed by atoms with Crippen LogP contribution < -0.4 is 5.32 Å². The summed E-state index contributed by atoms with van der Waals surface area (Å²) < 4.78 is 0.970. The van der Waals surface area contributed by atoms with Crippen LogP contribution in [0.3, 0.4) is 0 Å². The highest BCUT2D eigenvalue weighted by Crippen LogP contribution is 2.27. The molecule has 0 aliphatic heterocycles. The Morgan fingerprint density at radius 2 is 1.92 bits per heavy atom. The van der Waals surface area contributed by atoms with Gasteiger partial charge in [0.25, 0.3) is 0 Å². The normalized spacial score (nSPS) is 10.7. The van der Waals surface area contributed by atoms with Gasteiger partial charge < -0.3 is 5.32 Å². The minimum absolute atomic E-state index is 0.0117. The van der Waals surface area contributed by atoms with Crippen molar-refractivity contribution in [2.75, 3.05) is 6.54 Å². The maximum Gasteiger partial charge on any atom is 0.226 e. The lowest BCUT2D eigenvalue weighted by atomic mass is 10.1. The first kappa shape index (κ1) is 19.0. The lowest BCUT2D eigenvalue weighted by Gasteiger charge is -2.04. The maximum absolute atomic E-state index is 12.1. The van der Waals surface area contributed by atoms with Crippen molar-refractivity contribution in [3.63, 3.8) is 0 Å². The summed E-state index contributed by atoms with van der Waals surface area (Å²) in [5.74, 6) is 0.828. The number of hydrogen-bond donors (Lipinski definition) is 1. The molecule has 0 atom stereocenters. The number of nitrogens with zero attached hydrogens (tertiary/aromatic N) is 1. The van der Waals surface area contributed by atoms with Gasteiger partial charge in [-0.25, -0.2) is 4.98 Å². The van der Waals surface area contributed by atoms with Gasteiger partial charge in [-0.2, -0.15) is 0 Å². The number of nitrogens with one attached hydrogen (secondary N) is 1. The molecule has 6 heteroatoms. The van der Waals surface area contributed by atoms with Gasteiger partial charge in [0.15, 0.2) is 0 Å². The monoisotopic (exact) mass is 402 g/mol. The number of hydrogen-bond acceptors (Lipinski definition) is 4. The summed E-state index contributed by atoms with van der Waals surface area (Å²) in [5.41, 5.74) is 3.21. The summed E-state index contributed by atoms with van der Waals surface area (Å²) >= 11 is 9.24. The number of thioether (sulfide) groups is 1. The number of aromatic nitrogens is 1. The predicted octanol–water partition coefficient (Wildman–Crippen LogP) is 4.99. The van der Waals surface area contributed by atoms with Crippen molar-refractivity contribution in [2.45, 2.75) is 22.9 Å². The van der Waals surface area contributed by atoms with Crippen LogP contribution in [0.25, 0.3) is 0 Å². The molecule has 1 N–H and O–H groups in total. The van der Waals surface area contributed by atoms with Crippen LogP contribution in [0.4, 0.5) is 0 Å². The molecule has 0 saturated heterocycles. The maximum atomic E-state index is 12.1. The fourth-order valence-electron chi connectivity index (χ4n) is 2.43. The number of benzene rings is 2. The van der Waals surface area contributed by atoms with Crippen molar-refractivity contribution in [1.29, 1.82) is 0 Å². The molecular weight excluding hydrogens is 384 g/mol. The van der Waals surface area contributed by atoms with E-state index in [0.29, 0.717) is 13.0 Å². The summed E-state index contributed by atoms with van der Waals surface area (Å²) in [5, 5.41) is 5.66. The summed E-state index contributed by atoms with van der Waals surface area (Å²) in [6.07, 6.45) is 1.16. The van der Waals surface area contributed by atoms with Crippen LogP contribution in [0.2, 0.25) is 5.02 Å². The number of thiazole rings is 1. The number of amides is 1. The highest BCUT2D eigenvalue weighted by Gasteiger charge is 2.08. The van der Waals surface area contributed by atoms with Crippen molar-refractivity contribution in [3.8, 4) is 0 Å². The highest BCUT2D eigenvalue weighted by molar-refractivity contribution is 8.00. The third kappa shape index (κ3) is 6.16. The van der Waals surface area contributed by atoms with E-state index < -0.39 is 0 Å². The molecule has 0 fully saturated rings. The Hall–Kier alpha value is -1.82. The highest BCUT2D eigenvalue weighted by atomic mass is 35.5. The van der Waals surface area contributed by atoms with Gasteiger partial charge in [0, 0.05) is 22.7 Å². The van der Waals surface area contributed by atoms with Gasteiger partial charge in [-0.1, -0.05) is 65.8 Å². The molecule has 0 aliphatic rings. The van der Waals surface area contributed by atoms with E-state index in [1.165, 1.54) is 5.56 Å². The zero-order valence-electron chi connectivity index (χ0n) is 14.2. The zero-order chi connectivity index (χ0) is 18.2. The van der Waals surface area contributed by atoms with E-state index in [9.17, 15) is 4.79 Å². The van der Waals surface area contributed by atoms with E-state index in [1.807, 2.05) is 47.8 Å². The Morgan fingerprint density at radius 1 is 1.12 bits per heavy atom. The average molecular weight is 403 g/mol. The topological polar surface area (TPSA) is 42.0 Å². The largest absolute Gasteiger partial charge is 0.355 e. The molecule has 1 heterocycles. The SMILES string of the molecule is O=C(Cc1csc(SCc2cccc(Cl)c2)n1)NCCc1ccccc1. The fourth-order valence-corrected chi connectivity index (χ4v) is 4.43. The van der Waals surface area contributed by atoms with Gasteiger partial charge in [0.1, 0.15) is 4.34 Å². The lowest BCUT2D eigenvalue weighted by molar-refractivity contribution is -0.120. The first-order valence-corrected chi connectivity index (χ1v) is 10.6. The third-order valence-electron chi connectivity index (χ3n) is 3.70. The lowest BCUT2D eigenvalue weighted by Crippen LogP contribution is -2.27.